The third kappa shape index (κ3) is 2.22. The van der Waals surface area contributed by atoms with Gasteiger partial charge in [0.15, 0.2) is 0 Å². The van der Waals surface area contributed by atoms with Crippen molar-refractivity contribution < 1.29 is 9.53 Å². The lowest BCUT2D eigenvalue weighted by Crippen LogP contribution is -2.44. The van der Waals surface area contributed by atoms with Gasteiger partial charge in [-0.3, -0.25) is 9.69 Å². The number of aromatic nitrogens is 1. The van der Waals surface area contributed by atoms with Crippen LogP contribution in [0.25, 0.3) is 10.9 Å². The van der Waals surface area contributed by atoms with Crippen LogP contribution in [0.2, 0.25) is 0 Å². The number of rotatable bonds is 2. The predicted octanol–water partition coefficient (Wildman–Crippen LogP) is 3.04. The van der Waals surface area contributed by atoms with E-state index >= 15 is 0 Å². The Hall–Kier alpha value is -1.81. The lowest BCUT2D eigenvalue weighted by atomic mass is 9.83. The summed E-state index contributed by atoms with van der Waals surface area (Å²) in [6.45, 7) is 4.28. The molecule has 3 heterocycles. The molecule has 0 unspecified atom stereocenters. The Morgan fingerprint density at radius 3 is 3.09 bits per heavy atom. The standard InChI is InChI=1S/C18H22N2O2/c1-12(21)22-11-13-5-4-9-20-10-8-15-14-6-2-3-7-16(14)19-17(15)18(13)20/h2-3,6-7,13,18-19H,4-5,8-11H2,1H3/t13-,18+/m1/s1. The number of benzene rings is 1. The Labute approximate surface area is 130 Å². The van der Waals surface area contributed by atoms with Gasteiger partial charge in [-0.1, -0.05) is 18.2 Å². The first-order valence-electron chi connectivity index (χ1n) is 8.21. The number of para-hydroxylation sites is 1. The molecule has 2 atom stereocenters. The average molecular weight is 298 g/mol. The molecule has 0 aliphatic carbocycles. The number of H-pyrrole nitrogens is 1. The van der Waals surface area contributed by atoms with Gasteiger partial charge in [0.25, 0.3) is 0 Å². The molecule has 1 fully saturated rings. The van der Waals surface area contributed by atoms with Crippen LogP contribution in [0.5, 0.6) is 0 Å². The molecule has 22 heavy (non-hydrogen) atoms. The highest BCUT2D eigenvalue weighted by atomic mass is 16.5. The van der Waals surface area contributed by atoms with Crippen molar-refractivity contribution in [3.8, 4) is 0 Å². The maximum absolute atomic E-state index is 11.2. The van der Waals surface area contributed by atoms with Crippen molar-refractivity contribution in [1.82, 2.24) is 9.88 Å². The predicted molar refractivity (Wildman–Crippen MR) is 85.7 cm³/mol. The molecule has 2 aliphatic rings. The summed E-state index contributed by atoms with van der Waals surface area (Å²) < 4.78 is 5.34. The molecule has 1 aromatic heterocycles. The van der Waals surface area contributed by atoms with Gasteiger partial charge in [-0.05, 0) is 37.4 Å². The second kappa shape index (κ2) is 5.43. The Morgan fingerprint density at radius 2 is 2.23 bits per heavy atom. The van der Waals surface area contributed by atoms with Gasteiger partial charge in [0.1, 0.15) is 0 Å². The molecule has 1 aromatic carbocycles. The average Bonchev–Trinajstić information content (AvgIpc) is 2.91. The quantitative estimate of drug-likeness (QED) is 0.867. The van der Waals surface area contributed by atoms with Crippen LogP contribution in [-0.4, -0.2) is 35.5 Å². The monoisotopic (exact) mass is 298 g/mol. The largest absolute Gasteiger partial charge is 0.466 e. The molecule has 2 aromatic rings. The third-order valence-corrected chi connectivity index (χ3v) is 5.15. The molecule has 0 saturated carbocycles. The number of hydrogen-bond acceptors (Lipinski definition) is 3. The van der Waals surface area contributed by atoms with E-state index in [1.165, 1.54) is 35.5 Å². The minimum atomic E-state index is -0.176. The number of esters is 1. The van der Waals surface area contributed by atoms with Crippen LogP contribution >= 0.6 is 0 Å². The summed E-state index contributed by atoms with van der Waals surface area (Å²) >= 11 is 0. The fraction of sp³-hybridized carbons (Fsp3) is 0.500. The van der Waals surface area contributed by atoms with Crippen molar-refractivity contribution >= 4 is 16.9 Å². The fourth-order valence-corrected chi connectivity index (χ4v) is 4.22. The zero-order valence-corrected chi connectivity index (χ0v) is 13.0. The molecule has 0 radical (unpaired) electrons. The van der Waals surface area contributed by atoms with Gasteiger partial charge in [0.2, 0.25) is 0 Å². The Morgan fingerprint density at radius 1 is 1.36 bits per heavy atom. The van der Waals surface area contributed by atoms with Crippen LogP contribution in [-0.2, 0) is 16.0 Å². The number of ether oxygens (including phenoxy) is 1. The molecule has 2 aliphatic heterocycles. The molecule has 1 N–H and O–H groups in total. The lowest BCUT2D eigenvalue weighted by Gasteiger charge is -2.43. The first-order chi connectivity index (χ1) is 10.7. The normalized spacial score (nSPS) is 24.8. The molecule has 0 spiro atoms. The van der Waals surface area contributed by atoms with Crippen molar-refractivity contribution in [2.24, 2.45) is 5.92 Å². The topological polar surface area (TPSA) is 45.3 Å². The minimum absolute atomic E-state index is 0.176. The lowest BCUT2D eigenvalue weighted by molar-refractivity contribution is -0.143. The summed E-state index contributed by atoms with van der Waals surface area (Å²) in [7, 11) is 0. The van der Waals surface area contributed by atoms with Gasteiger partial charge in [0, 0.05) is 36.0 Å². The maximum atomic E-state index is 11.2. The van der Waals surface area contributed by atoms with Crippen LogP contribution in [0, 0.1) is 5.92 Å². The molecule has 0 amide bonds. The number of fused-ring (bicyclic) bond motifs is 5. The van der Waals surface area contributed by atoms with Crippen molar-refractivity contribution in [1.29, 1.82) is 0 Å². The molecule has 4 rings (SSSR count). The highest BCUT2D eigenvalue weighted by molar-refractivity contribution is 5.85. The number of nitrogens with one attached hydrogen (secondary N) is 1. The summed E-state index contributed by atoms with van der Waals surface area (Å²) in [5.74, 6) is 0.217. The van der Waals surface area contributed by atoms with Gasteiger partial charge in [-0.25, -0.2) is 0 Å². The third-order valence-electron chi connectivity index (χ3n) is 5.15. The van der Waals surface area contributed by atoms with E-state index in [1.807, 2.05) is 0 Å². The van der Waals surface area contributed by atoms with E-state index in [0.717, 1.165) is 25.9 Å². The van der Waals surface area contributed by atoms with Crippen LogP contribution in [0.1, 0.15) is 37.1 Å². The Bertz CT molecular complexity index is 706. The van der Waals surface area contributed by atoms with Crippen LogP contribution in [0.4, 0.5) is 0 Å². The van der Waals surface area contributed by atoms with E-state index in [4.69, 9.17) is 4.74 Å². The number of aromatic amines is 1. The SMILES string of the molecule is CC(=O)OC[C@H]1CCCN2CCc3c([nH]c4ccccc34)[C@H]12. The minimum Gasteiger partial charge on any atom is -0.466 e. The summed E-state index contributed by atoms with van der Waals surface area (Å²) in [5, 5.41) is 1.36. The summed E-state index contributed by atoms with van der Waals surface area (Å²) in [5.41, 5.74) is 4.04. The fourth-order valence-electron chi connectivity index (χ4n) is 4.22. The highest BCUT2D eigenvalue weighted by Crippen LogP contribution is 2.42. The molecule has 1 saturated heterocycles. The van der Waals surface area contributed by atoms with Crippen molar-refractivity contribution in [3.63, 3.8) is 0 Å². The van der Waals surface area contributed by atoms with Crippen LogP contribution in [0.3, 0.4) is 0 Å². The molecular weight excluding hydrogens is 276 g/mol. The van der Waals surface area contributed by atoms with Gasteiger partial charge in [-0.2, -0.15) is 0 Å². The van der Waals surface area contributed by atoms with E-state index in [-0.39, 0.29) is 5.97 Å². The summed E-state index contributed by atoms with van der Waals surface area (Å²) in [6, 6.07) is 8.93. The van der Waals surface area contributed by atoms with Crippen LogP contribution in [0.15, 0.2) is 24.3 Å². The van der Waals surface area contributed by atoms with Crippen LogP contribution < -0.4 is 0 Å². The summed E-state index contributed by atoms with van der Waals surface area (Å²) in [6.07, 6.45) is 3.43. The van der Waals surface area contributed by atoms with E-state index in [9.17, 15) is 4.79 Å². The van der Waals surface area contributed by atoms with E-state index in [2.05, 4.69) is 34.1 Å². The Balaban J connectivity index is 1.73. The number of piperidine rings is 1. The molecule has 0 bridgehead atoms. The van der Waals surface area contributed by atoms with E-state index < -0.39 is 0 Å². The highest BCUT2D eigenvalue weighted by Gasteiger charge is 2.38. The first-order valence-corrected chi connectivity index (χ1v) is 8.21. The maximum Gasteiger partial charge on any atom is 0.302 e. The molecule has 4 nitrogen and oxygen atoms in total. The van der Waals surface area contributed by atoms with Gasteiger partial charge >= 0.3 is 5.97 Å². The number of hydrogen-bond donors (Lipinski definition) is 1. The Kier molecular flexibility index (Phi) is 3.41. The number of carbonyl (C=O) groups is 1. The zero-order chi connectivity index (χ0) is 15.1. The van der Waals surface area contributed by atoms with Crippen molar-refractivity contribution in [3.05, 3.63) is 35.5 Å². The molecule has 116 valence electrons. The first kappa shape index (κ1) is 13.8. The zero-order valence-electron chi connectivity index (χ0n) is 13.0. The van der Waals surface area contributed by atoms with Gasteiger partial charge in [0.05, 0.1) is 12.6 Å². The number of carbonyl (C=O) groups excluding carboxylic acids is 1. The second-order valence-corrected chi connectivity index (χ2v) is 6.50. The van der Waals surface area contributed by atoms with E-state index in [1.54, 1.807) is 0 Å². The van der Waals surface area contributed by atoms with Crippen molar-refractivity contribution in [2.75, 3.05) is 19.7 Å². The molecule has 4 heteroatoms. The van der Waals surface area contributed by atoms with Crippen molar-refractivity contribution in [2.45, 2.75) is 32.2 Å². The summed E-state index contributed by atoms with van der Waals surface area (Å²) in [4.78, 5) is 17.4. The number of nitrogens with zero attached hydrogens (tertiary/aromatic N) is 1. The molecular formula is C18H22N2O2. The van der Waals surface area contributed by atoms with E-state index in [0.29, 0.717) is 18.6 Å². The van der Waals surface area contributed by atoms with Gasteiger partial charge in [-0.15, -0.1) is 0 Å². The van der Waals surface area contributed by atoms with Gasteiger partial charge < -0.3 is 9.72 Å². The smallest absolute Gasteiger partial charge is 0.302 e. The second-order valence-electron chi connectivity index (χ2n) is 6.50.